The monoisotopic (exact) mass is 256 g/mol. The Morgan fingerprint density at radius 2 is 2.00 bits per heavy atom. The van der Waals surface area contributed by atoms with Crippen LogP contribution in [0.1, 0.15) is 52.4 Å². The largest absolute Gasteiger partial charge is 0.378 e. The van der Waals surface area contributed by atoms with Crippen LogP contribution in [0.15, 0.2) is 0 Å². The number of amides is 1. The third kappa shape index (κ3) is 4.94. The summed E-state index contributed by atoms with van der Waals surface area (Å²) in [7, 11) is 0. The van der Waals surface area contributed by atoms with E-state index in [9.17, 15) is 9.90 Å². The van der Waals surface area contributed by atoms with Gasteiger partial charge in [-0.2, -0.15) is 0 Å². The molecule has 2 unspecified atom stereocenters. The van der Waals surface area contributed by atoms with Gasteiger partial charge in [-0.3, -0.25) is 9.69 Å². The van der Waals surface area contributed by atoms with Gasteiger partial charge in [-0.25, -0.2) is 0 Å². The number of hydrogen-bond acceptors (Lipinski definition) is 3. The number of nitrogens with zero attached hydrogens (tertiary/aromatic N) is 1. The molecule has 0 saturated carbocycles. The summed E-state index contributed by atoms with van der Waals surface area (Å²) in [6.45, 7) is 6.67. The van der Waals surface area contributed by atoms with Gasteiger partial charge in [0, 0.05) is 19.6 Å². The summed E-state index contributed by atoms with van der Waals surface area (Å²) in [5.41, 5.74) is 0. The lowest BCUT2D eigenvalue weighted by molar-refractivity contribution is -0.124. The van der Waals surface area contributed by atoms with Gasteiger partial charge in [0.25, 0.3) is 0 Å². The highest BCUT2D eigenvalue weighted by Gasteiger charge is 2.34. The SMILES string of the molecule is CCCCCNC(=O)C1CC(O)N(CCCC)C1. The predicted octanol–water partition coefficient (Wildman–Crippen LogP) is 1.73. The zero-order valence-electron chi connectivity index (χ0n) is 11.8. The summed E-state index contributed by atoms with van der Waals surface area (Å²) in [5, 5.41) is 12.9. The fourth-order valence-corrected chi connectivity index (χ4v) is 2.41. The first-order valence-electron chi connectivity index (χ1n) is 7.38. The van der Waals surface area contributed by atoms with Crippen molar-refractivity contribution < 1.29 is 9.90 Å². The molecule has 106 valence electrons. The summed E-state index contributed by atoms with van der Waals surface area (Å²) < 4.78 is 0. The molecular formula is C14H28N2O2. The lowest BCUT2D eigenvalue weighted by Gasteiger charge is -2.19. The average Bonchev–Trinajstić information content (AvgIpc) is 2.73. The molecule has 0 spiro atoms. The number of nitrogens with one attached hydrogen (secondary N) is 1. The summed E-state index contributed by atoms with van der Waals surface area (Å²) >= 11 is 0. The first kappa shape index (κ1) is 15.4. The van der Waals surface area contributed by atoms with Crippen LogP contribution in [-0.4, -0.2) is 41.8 Å². The van der Waals surface area contributed by atoms with Crippen molar-refractivity contribution in [2.24, 2.45) is 5.92 Å². The molecule has 1 fully saturated rings. The quantitative estimate of drug-likeness (QED) is 0.650. The van der Waals surface area contributed by atoms with Crippen LogP contribution >= 0.6 is 0 Å². The van der Waals surface area contributed by atoms with E-state index < -0.39 is 6.23 Å². The molecule has 1 heterocycles. The van der Waals surface area contributed by atoms with E-state index in [4.69, 9.17) is 0 Å². The summed E-state index contributed by atoms with van der Waals surface area (Å²) in [6, 6.07) is 0. The lowest BCUT2D eigenvalue weighted by Crippen LogP contribution is -2.34. The molecule has 2 N–H and O–H groups in total. The molecule has 0 aromatic heterocycles. The second-order valence-corrected chi connectivity index (χ2v) is 5.26. The topological polar surface area (TPSA) is 52.6 Å². The number of aliphatic hydroxyl groups is 1. The minimum Gasteiger partial charge on any atom is -0.378 e. The van der Waals surface area contributed by atoms with E-state index in [1.807, 2.05) is 4.90 Å². The van der Waals surface area contributed by atoms with Crippen LogP contribution in [0.5, 0.6) is 0 Å². The molecule has 1 saturated heterocycles. The van der Waals surface area contributed by atoms with Gasteiger partial charge in [-0.05, 0) is 19.3 Å². The normalized spacial score (nSPS) is 24.4. The first-order valence-corrected chi connectivity index (χ1v) is 7.38. The Balaban J connectivity index is 2.24. The molecule has 18 heavy (non-hydrogen) atoms. The van der Waals surface area contributed by atoms with E-state index in [0.29, 0.717) is 13.0 Å². The van der Waals surface area contributed by atoms with Gasteiger partial charge in [0.1, 0.15) is 6.23 Å². The van der Waals surface area contributed by atoms with Crippen molar-refractivity contribution in [2.75, 3.05) is 19.6 Å². The molecule has 1 aliphatic heterocycles. The van der Waals surface area contributed by atoms with E-state index >= 15 is 0 Å². The highest BCUT2D eigenvalue weighted by atomic mass is 16.3. The fourth-order valence-electron chi connectivity index (χ4n) is 2.41. The van der Waals surface area contributed by atoms with Crippen molar-refractivity contribution in [3.63, 3.8) is 0 Å². The van der Waals surface area contributed by atoms with Crippen LogP contribution in [-0.2, 0) is 4.79 Å². The van der Waals surface area contributed by atoms with Gasteiger partial charge in [-0.1, -0.05) is 33.1 Å². The maximum absolute atomic E-state index is 11.9. The fraction of sp³-hybridized carbons (Fsp3) is 0.929. The summed E-state index contributed by atoms with van der Waals surface area (Å²) in [6.07, 6.45) is 5.75. The van der Waals surface area contributed by atoms with Crippen LogP contribution in [0.3, 0.4) is 0 Å². The Hall–Kier alpha value is -0.610. The molecule has 4 nitrogen and oxygen atoms in total. The van der Waals surface area contributed by atoms with Gasteiger partial charge in [0.2, 0.25) is 5.91 Å². The second kappa shape index (κ2) is 8.48. The Labute approximate surface area is 111 Å². The van der Waals surface area contributed by atoms with Crippen LogP contribution in [0.2, 0.25) is 0 Å². The summed E-state index contributed by atoms with van der Waals surface area (Å²) in [4.78, 5) is 14.0. The highest BCUT2D eigenvalue weighted by molar-refractivity contribution is 5.79. The molecule has 0 bridgehead atoms. The molecule has 0 aliphatic carbocycles. The Kier molecular flexibility index (Phi) is 7.28. The lowest BCUT2D eigenvalue weighted by atomic mass is 10.1. The maximum atomic E-state index is 11.9. The Bertz CT molecular complexity index is 246. The van der Waals surface area contributed by atoms with Crippen molar-refractivity contribution in [3.8, 4) is 0 Å². The van der Waals surface area contributed by atoms with Gasteiger partial charge in [0.15, 0.2) is 0 Å². The zero-order valence-corrected chi connectivity index (χ0v) is 11.8. The minimum atomic E-state index is -0.428. The number of aliphatic hydroxyl groups excluding tert-OH is 1. The molecule has 1 aliphatic rings. The molecule has 1 amide bonds. The van der Waals surface area contributed by atoms with E-state index in [1.54, 1.807) is 0 Å². The second-order valence-electron chi connectivity index (χ2n) is 5.26. The number of unbranched alkanes of at least 4 members (excludes halogenated alkanes) is 3. The van der Waals surface area contributed by atoms with E-state index in [1.165, 1.54) is 6.42 Å². The first-order chi connectivity index (χ1) is 8.69. The molecular weight excluding hydrogens is 228 g/mol. The molecule has 1 rings (SSSR count). The van der Waals surface area contributed by atoms with Gasteiger partial charge in [-0.15, -0.1) is 0 Å². The van der Waals surface area contributed by atoms with Crippen LogP contribution in [0.4, 0.5) is 0 Å². The standard InChI is InChI=1S/C14H28N2O2/c1-3-5-7-8-15-14(18)12-10-13(17)16(11-12)9-6-4-2/h12-13,17H,3-11H2,1-2H3,(H,15,18). The number of rotatable bonds is 8. The van der Waals surface area contributed by atoms with Gasteiger partial charge in [0.05, 0.1) is 5.92 Å². The van der Waals surface area contributed by atoms with Crippen LogP contribution < -0.4 is 5.32 Å². The van der Waals surface area contributed by atoms with Crippen molar-refractivity contribution in [2.45, 2.75) is 58.6 Å². The average molecular weight is 256 g/mol. The third-order valence-electron chi connectivity index (χ3n) is 3.62. The Morgan fingerprint density at radius 3 is 2.67 bits per heavy atom. The Morgan fingerprint density at radius 1 is 1.28 bits per heavy atom. The molecule has 0 aromatic rings. The van der Waals surface area contributed by atoms with Crippen molar-refractivity contribution in [3.05, 3.63) is 0 Å². The van der Waals surface area contributed by atoms with Crippen LogP contribution in [0.25, 0.3) is 0 Å². The summed E-state index contributed by atoms with van der Waals surface area (Å²) in [5.74, 6) is 0.0858. The zero-order chi connectivity index (χ0) is 13.4. The highest BCUT2D eigenvalue weighted by Crippen LogP contribution is 2.22. The molecule has 4 heteroatoms. The predicted molar refractivity (Wildman–Crippen MR) is 73.1 cm³/mol. The van der Waals surface area contributed by atoms with E-state index in [0.717, 1.165) is 38.8 Å². The third-order valence-corrected chi connectivity index (χ3v) is 3.62. The van der Waals surface area contributed by atoms with Gasteiger partial charge < -0.3 is 10.4 Å². The number of carbonyl (C=O) groups is 1. The number of carbonyl (C=O) groups excluding carboxylic acids is 1. The van der Waals surface area contributed by atoms with Crippen molar-refractivity contribution in [1.82, 2.24) is 10.2 Å². The molecule has 0 radical (unpaired) electrons. The van der Waals surface area contributed by atoms with E-state index in [-0.39, 0.29) is 11.8 Å². The van der Waals surface area contributed by atoms with Crippen LogP contribution in [0, 0.1) is 5.92 Å². The molecule has 2 atom stereocenters. The van der Waals surface area contributed by atoms with Gasteiger partial charge >= 0.3 is 0 Å². The smallest absolute Gasteiger partial charge is 0.224 e. The molecule has 0 aromatic carbocycles. The maximum Gasteiger partial charge on any atom is 0.224 e. The van der Waals surface area contributed by atoms with Crippen molar-refractivity contribution >= 4 is 5.91 Å². The number of likely N-dealkylation sites (tertiary alicyclic amines) is 1. The van der Waals surface area contributed by atoms with Crippen molar-refractivity contribution in [1.29, 1.82) is 0 Å². The number of hydrogen-bond donors (Lipinski definition) is 2. The minimum absolute atomic E-state index is 0.0292. The van der Waals surface area contributed by atoms with E-state index in [2.05, 4.69) is 19.2 Å².